The van der Waals surface area contributed by atoms with Crippen molar-refractivity contribution in [2.75, 3.05) is 26.9 Å². The third kappa shape index (κ3) is 6.60. The number of ether oxygens (including phenoxy) is 2. The predicted molar refractivity (Wildman–Crippen MR) is 83.5 cm³/mol. The van der Waals surface area contributed by atoms with Gasteiger partial charge in [0.2, 0.25) is 0 Å². The summed E-state index contributed by atoms with van der Waals surface area (Å²) in [5.41, 5.74) is 2.24. The maximum absolute atomic E-state index is 11.8. The monoisotopic (exact) mass is 294 g/mol. The van der Waals surface area contributed by atoms with E-state index in [1.807, 2.05) is 26.0 Å². The highest BCUT2D eigenvalue weighted by Crippen LogP contribution is 2.19. The van der Waals surface area contributed by atoms with Gasteiger partial charge in [0.1, 0.15) is 5.75 Å². The molecule has 0 bridgehead atoms. The molecule has 1 aromatic carbocycles. The van der Waals surface area contributed by atoms with Gasteiger partial charge in [-0.3, -0.25) is 4.79 Å². The molecular weight excluding hydrogens is 268 g/mol. The van der Waals surface area contributed by atoms with Crippen LogP contribution in [0.15, 0.2) is 18.2 Å². The summed E-state index contributed by atoms with van der Waals surface area (Å²) in [6, 6.07) is 5.94. The van der Waals surface area contributed by atoms with Crippen molar-refractivity contribution < 1.29 is 14.3 Å². The van der Waals surface area contributed by atoms with Gasteiger partial charge in [-0.1, -0.05) is 24.6 Å². The summed E-state index contributed by atoms with van der Waals surface area (Å²) in [5, 5.41) is 6.09. The molecule has 21 heavy (non-hydrogen) atoms. The number of methoxy groups -OCH3 is 1. The minimum Gasteiger partial charge on any atom is -0.483 e. The number of benzene rings is 1. The molecule has 1 rings (SSSR count). The van der Waals surface area contributed by atoms with Gasteiger partial charge >= 0.3 is 0 Å². The van der Waals surface area contributed by atoms with Crippen LogP contribution in [0.4, 0.5) is 0 Å². The molecule has 0 aliphatic carbocycles. The van der Waals surface area contributed by atoms with Crippen molar-refractivity contribution in [2.45, 2.75) is 33.4 Å². The summed E-state index contributed by atoms with van der Waals surface area (Å²) in [6.45, 7) is 8.11. The SMILES string of the molecule is CCNCc1cc(C)ccc1OCC(=O)NC(C)COC. The molecule has 0 fully saturated rings. The van der Waals surface area contributed by atoms with Crippen molar-refractivity contribution in [1.82, 2.24) is 10.6 Å². The lowest BCUT2D eigenvalue weighted by atomic mass is 10.1. The zero-order valence-corrected chi connectivity index (χ0v) is 13.4. The van der Waals surface area contributed by atoms with Gasteiger partial charge in [-0.15, -0.1) is 0 Å². The smallest absolute Gasteiger partial charge is 0.258 e. The normalized spacial score (nSPS) is 12.0. The Morgan fingerprint density at radius 1 is 1.38 bits per heavy atom. The average molecular weight is 294 g/mol. The first-order valence-electron chi connectivity index (χ1n) is 7.28. The number of hydrogen-bond donors (Lipinski definition) is 2. The molecule has 0 aliphatic rings. The van der Waals surface area contributed by atoms with E-state index < -0.39 is 0 Å². The Bertz CT molecular complexity index is 449. The summed E-state index contributed by atoms with van der Waals surface area (Å²) < 4.78 is 10.6. The lowest BCUT2D eigenvalue weighted by Crippen LogP contribution is -2.38. The quantitative estimate of drug-likeness (QED) is 0.727. The molecule has 2 N–H and O–H groups in total. The van der Waals surface area contributed by atoms with Crippen LogP contribution in [0, 0.1) is 6.92 Å². The molecule has 5 nitrogen and oxygen atoms in total. The van der Waals surface area contributed by atoms with Gasteiger partial charge in [-0.25, -0.2) is 0 Å². The van der Waals surface area contributed by atoms with Gasteiger partial charge in [-0.05, 0) is 26.5 Å². The maximum Gasteiger partial charge on any atom is 0.258 e. The molecule has 0 radical (unpaired) electrons. The van der Waals surface area contributed by atoms with E-state index >= 15 is 0 Å². The minimum atomic E-state index is -0.144. The van der Waals surface area contributed by atoms with E-state index in [1.54, 1.807) is 7.11 Å². The van der Waals surface area contributed by atoms with Gasteiger partial charge in [0, 0.05) is 25.3 Å². The summed E-state index contributed by atoms with van der Waals surface area (Å²) >= 11 is 0. The number of aryl methyl sites for hydroxylation is 1. The average Bonchev–Trinajstić information content (AvgIpc) is 2.44. The van der Waals surface area contributed by atoms with Crippen LogP contribution < -0.4 is 15.4 Å². The fourth-order valence-corrected chi connectivity index (χ4v) is 2.00. The molecule has 1 atom stereocenters. The van der Waals surface area contributed by atoms with Crippen LogP contribution in [-0.2, 0) is 16.1 Å². The van der Waals surface area contributed by atoms with Crippen molar-refractivity contribution >= 4 is 5.91 Å². The second-order valence-corrected chi connectivity index (χ2v) is 5.10. The number of carbonyl (C=O) groups excluding carboxylic acids is 1. The first-order chi connectivity index (χ1) is 10.1. The Morgan fingerprint density at radius 3 is 2.81 bits per heavy atom. The number of nitrogens with one attached hydrogen (secondary N) is 2. The lowest BCUT2D eigenvalue weighted by molar-refractivity contribution is -0.124. The van der Waals surface area contributed by atoms with Crippen LogP contribution in [0.1, 0.15) is 25.0 Å². The van der Waals surface area contributed by atoms with E-state index in [1.165, 1.54) is 5.56 Å². The minimum absolute atomic E-state index is 0.0102. The molecule has 0 saturated carbocycles. The van der Waals surface area contributed by atoms with Crippen LogP contribution in [-0.4, -0.2) is 38.8 Å². The fraction of sp³-hybridized carbons (Fsp3) is 0.562. The van der Waals surface area contributed by atoms with E-state index in [9.17, 15) is 4.79 Å². The number of carbonyl (C=O) groups is 1. The van der Waals surface area contributed by atoms with Gasteiger partial charge < -0.3 is 20.1 Å². The van der Waals surface area contributed by atoms with Crippen molar-refractivity contribution in [1.29, 1.82) is 0 Å². The number of amides is 1. The van der Waals surface area contributed by atoms with Crippen LogP contribution in [0.2, 0.25) is 0 Å². The summed E-state index contributed by atoms with van der Waals surface area (Å²) in [7, 11) is 1.61. The summed E-state index contributed by atoms with van der Waals surface area (Å²) in [6.07, 6.45) is 0. The van der Waals surface area contributed by atoms with E-state index in [4.69, 9.17) is 9.47 Å². The molecule has 118 valence electrons. The van der Waals surface area contributed by atoms with E-state index in [0.29, 0.717) is 6.61 Å². The van der Waals surface area contributed by atoms with Gasteiger partial charge in [0.15, 0.2) is 6.61 Å². The Balaban J connectivity index is 2.55. The maximum atomic E-state index is 11.8. The van der Waals surface area contributed by atoms with Crippen LogP contribution >= 0.6 is 0 Å². The second kappa shape index (κ2) is 9.37. The fourth-order valence-electron chi connectivity index (χ4n) is 2.00. The Morgan fingerprint density at radius 2 is 2.14 bits per heavy atom. The lowest BCUT2D eigenvalue weighted by Gasteiger charge is -2.15. The largest absolute Gasteiger partial charge is 0.483 e. The molecule has 0 saturated heterocycles. The molecular formula is C16H26N2O3. The molecule has 1 aromatic rings. The van der Waals surface area contributed by atoms with Gasteiger partial charge in [-0.2, -0.15) is 0 Å². The van der Waals surface area contributed by atoms with Crippen molar-refractivity contribution in [2.24, 2.45) is 0 Å². The topological polar surface area (TPSA) is 59.6 Å². The van der Waals surface area contributed by atoms with Crippen molar-refractivity contribution in [3.05, 3.63) is 29.3 Å². The standard InChI is InChI=1S/C16H26N2O3/c1-5-17-9-14-8-12(2)6-7-15(14)21-11-16(19)18-13(3)10-20-4/h6-8,13,17H,5,9-11H2,1-4H3,(H,18,19). The molecule has 1 unspecified atom stereocenters. The molecule has 5 heteroatoms. The highest BCUT2D eigenvalue weighted by atomic mass is 16.5. The van der Waals surface area contributed by atoms with Crippen LogP contribution in [0.3, 0.4) is 0 Å². The third-order valence-electron chi connectivity index (χ3n) is 2.96. The van der Waals surface area contributed by atoms with Crippen molar-refractivity contribution in [3.8, 4) is 5.75 Å². The molecule has 1 amide bonds. The van der Waals surface area contributed by atoms with E-state index in [0.717, 1.165) is 24.4 Å². The van der Waals surface area contributed by atoms with Crippen LogP contribution in [0.5, 0.6) is 5.75 Å². The van der Waals surface area contributed by atoms with Gasteiger partial charge in [0.05, 0.1) is 6.61 Å². The number of rotatable bonds is 9. The predicted octanol–water partition coefficient (Wildman–Crippen LogP) is 1.63. The first kappa shape index (κ1) is 17.5. The number of hydrogen-bond acceptors (Lipinski definition) is 4. The van der Waals surface area contributed by atoms with E-state index in [2.05, 4.69) is 23.6 Å². The first-order valence-corrected chi connectivity index (χ1v) is 7.28. The molecule has 0 aromatic heterocycles. The van der Waals surface area contributed by atoms with Gasteiger partial charge in [0.25, 0.3) is 5.91 Å². The van der Waals surface area contributed by atoms with E-state index in [-0.39, 0.29) is 18.6 Å². The highest BCUT2D eigenvalue weighted by Gasteiger charge is 2.09. The Labute approximate surface area is 127 Å². The van der Waals surface area contributed by atoms with Crippen LogP contribution in [0.25, 0.3) is 0 Å². The molecule has 0 spiro atoms. The Kier molecular flexibility index (Phi) is 7.79. The zero-order valence-electron chi connectivity index (χ0n) is 13.4. The van der Waals surface area contributed by atoms with Crippen molar-refractivity contribution in [3.63, 3.8) is 0 Å². The molecule has 0 aliphatic heterocycles. The third-order valence-corrected chi connectivity index (χ3v) is 2.96. The molecule has 0 heterocycles. The highest BCUT2D eigenvalue weighted by molar-refractivity contribution is 5.77. The Hall–Kier alpha value is -1.59. The summed E-state index contributed by atoms with van der Waals surface area (Å²) in [4.78, 5) is 11.8. The summed E-state index contributed by atoms with van der Waals surface area (Å²) in [5.74, 6) is 0.602. The second-order valence-electron chi connectivity index (χ2n) is 5.10. The zero-order chi connectivity index (χ0) is 15.7.